The summed E-state index contributed by atoms with van der Waals surface area (Å²) >= 11 is 0. The molecular formula is C15H15FO. The van der Waals surface area contributed by atoms with Gasteiger partial charge in [-0.25, -0.2) is 4.39 Å². The van der Waals surface area contributed by atoms with E-state index in [1.54, 1.807) is 12.1 Å². The number of benzene rings is 2. The predicted molar refractivity (Wildman–Crippen MR) is 66.8 cm³/mol. The molecule has 0 aliphatic carbocycles. The first kappa shape index (κ1) is 11.6. The Morgan fingerprint density at radius 1 is 0.941 bits per heavy atom. The molecule has 0 unspecified atom stereocenters. The number of hydrogen-bond donors (Lipinski definition) is 0. The Kier molecular flexibility index (Phi) is 3.76. The van der Waals surface area contributed by atoms with Gasteiger partial charge in [-0.3, -0.25) is 0 Å². The number of aryl methyl sites for hydroxylation is 2. The van der Waals surface area contributed by atoms with Gasteiger partial charge in [0, 0.05) is 0 Å². The molecule has 1 nitrogen and oxygen atoms in total. The lowest BCUT2D eigenvalue weighted by molar-refractivity contribution is 0.386. The molecule has 0 fully saturated rings. The summed E-state index contributed by atoms with van der Waals surface area (Å²) in [5.41, 5.74) is 2.38. The van der Waals surface area contributed by atoms with Gasteiger partial charge < -0.3 is 4.74 Å². The summed E-state index contributed by atoms with van der Waals surface area (Å²) in [6.45, 7) is 0. The molecule has 0 heterocycles. The van der Waals surface area contributed by atoms with Crippen molar-refractivity contribution in [2.45, 2.75) is 12.8 Å². The van der Waals surface area contributed by atoms with Crippen LogP contribution in [0.5, 0.6) is 5.75 Å². The number of methoxy groups -OCH3 is 1. The Hall–Kier alpha value is -1.83. The van der Waals surface area contributed by atoms with Crippen molar-refractivity contribution in [1.82, 2.24) is 0 Å². The lowest BCUT2D eigenvalue weighted by atomic mass is 10.0. The van der Waals surface area contributed by atoms with Crippen molar-refractivity contribution >= 4 is 0 Å². The van der Waals surface area contributed by atoms with Crippen LogP contribution in [0.25, 0.3) is 0 Å². The van der Waals surface area contributed by atoms with Crippen LogP contribution in [-0.2, 0) is 12.8 Å². The molecule has 0 radical (unpaired) electrons. The second kappa shape index (κ2) is 5.48. The van der Waals surface area contributed by atoms with Crippen LogP contribution >= 0.6 is 0 Å². The van der Waals surface area contributed by atoms with Gasteiger partial charge in [0.25, 0.3) is 0 Å². The van der Waals surface area contributed by atoms with Gasteiger partial charge in [0.05, 0.1) is 7.11 Å². The highest BCUT2D eigenvalue weighted by Gasteiger charge is 2.03. The van der Waals surface area contributed by atoms with E-state index in [1.807, 2.05) is 18.2 Å². The zero-order valence-corrected chi connectivity index (χ0v) is 9.82. The van der Waals surface area contributed by atoms with Gasteiger partial charge in [0.1, 0.15) is 0 Å². The second-order valence-electron chi connectivity index (χ2n) is 3.95. The second-order valence-corrected chi connectivity index (χ2v) is 3.95. The first-order valence-corrected chi connectivity index (χ1v) is 5.66. The van der Waals surface area contributed by atoms with Crippen LogP contribution in [0.3, 0.4) is 0 Å². The highest BCUT2D eigenvalue weighted by molar-refractivity contribution is 5.31. The zero-order valence-electron chi connectivity index (χ0n) is 9.82. The Morgan fingerprint density at radius 3 is 2.35 bits per heavy atom. The van der Waals surface area contributed by atoms with E-state index in [4.69, 9.17) is 4.74 Å². The van der Waals surface area contributed by atoms with Crippen molar-refractivity contribution in [2.75, 3.05) is 7.11 Å². The third-order valence-electron chi connectivity index (χ3n) is 2.76. The van der Waals surface area contributed by atoms with Crippen molar-refractivity contribution in [2.24, 2.45) is 0 Å². The molecule has 0 aliphatic rings. The lowest BCUT2D eigenvalue weighted by Gasteiger charge is -2.06. The van der Waals surface area contributed by atoms with Crippen molar-refractivity contribution in [1.29, 1.82) is 0 Å². The van der Waals surface area contributed by atoms with Gasteiger partial charge in [-0.15, -0.1) is 0 Å². The van der Waals surface area contributed by atoms with Crippen molar-refractivity contribution < 1.29 is 9.13 Å². The van der Waals surface area contributed by atoms with E-state index in [0.29, 0.717) is 5.75 Å². The minimum absolute atomic E-state index is 0.309. The van der Waals surface area contributed by atoms with E-state index in [1.165, 1.54) is 18.7 Å². The number of ether oxygens (including phenoxy) is 1. The third-order valence-corrected chi connectivity index (χ3v) is 2.76. The van der Waals surface area contributed by atoms with E-state index in [2.05, 4.69) is 12.1 Å². The maximum absolute atomic E-state index is 13.2. The monoisotopic (exact) mass is 230 g/mol. The van der Waals surface area contributed by atoms with E-state index in [-0.39, 0.29) is 5.82 Å². The fourth-order valence-electron chi connectivity index (χ4n) is 1.79. The number of rotatable bonds is 4. The van der Waals surface area contributed by atoms with Gasteiger partial charge in [0.15, 0.2) is 11.6 Å². The van der Waals surface area contributed by atoms with E-state index < -0.39 is 0 Å². The number of hydrogen-bond acceptors (Lipinski definition) is 1. The summed E-state index contributed by atoms with van der Waals surface area (Å²) in [5, 5.41) is 0. The van der Waals surface area contributed by atoms with Crippen LogP contribution in [0, 0.1) is 5.82 Å². The number of halogens is 1. The van der Waals surface area contributed by atoms with Gasteiger partial charge in [-0.1, -0.05) is 36.4 Å². The molecule has 2 heteroatoms. The molecular weight excluding hydrogens is 215 g/mol. The van der Waals surface area contributed by atoms with Crippen LogP contribution in [0.2, 0.25) is 0 Å². The van der Waals surface area contributed by atoms with Crippen LogP contribution in [0.1, 0.15) is 11.1 Å². The molecule has 0 saturated heterocycles. The van der Waals surface area contributed by atoms with E-state index >= 15 is 0 Å². The molecule has 0 bridgehead atoms. The lowest BCUT2D eigenvalue weighted by Crippen LogP contribution is -1.94. The molecule has 0 atom stereocenters. The maximum atomic E-state index is 13.2. The highest BCUT2D eigenvalue weighted by Crippen LogP contribution is 2.19. The predicted octanol–water partition coefficient (Wildman–Crippen LogP) is 3.62. The quantitative estimate of drug-likeness (QED) is 0.779. The van der Waals surface area contributed by atoms with Gasteiger partial charge in [-0.05, 0) is 36.1 Å². The maximum Gasteiger partial charge on any atom is 0.165 e. The van der Waals surface area contributed by atoms with Gasteiger partial charge in [-0.2, -0.15) is 0 Å². The topological polar surface area (TPSA) is 9.23 Å². The summed E-state index contributed by atoms with van der Waals surface area (Å²) in [4.78, 5) is 0. The zero-order chi connectivity index (χ0) is 12.1. The fourth-order valence-corrected chi connectivity index (χ4v) is 1.79. The molecule has 17 heavy (non-hydrogen) atoms. The summed E-state index contributed by atoms with van der Waals surface area (Å²) in [7, 11) is 1.49. The molecule has 0 amide bonds. The standard InChI is InChI=1S/C15H15FO/c1-17-15-11-13(9-10-14(15)16)8-7-12-5-3-2-4-6-12/h2-6,9-11H,7-8H2,1H3. The SMILES string of the molecule is COc1cc(CCc2ccccc2)ccc1F. The van der Waals surface area contributed by atoms with Crippen LogP contribution in [0.4, 0.5) is 4.39 Å². The molecule has 2 rings (SSSR count). The minimum atomic E-state index is -0.309. The average Bonchev–Trinajstić information content (AvgIpc) is 2.39. The van der Waals surface area contributed by atoms with Crippen LogP contribution in [-0.4, -0.2) is 7.11 Å². The minimum Gasteiger partial charge on any atom is -0.494 e. The van der Waals surface area contributed by atoms with Crippen molar-refractivity contribution in [3.8, 4) is 5.75 Å². The fraction of sp³-hybridized carbons (Fsp3) is 0.200. The van der Waals surface area contributed by atoms with E-state index in [9.17, 15) is 4.39 Å². The van der Waals surface area contributed by atoms with Gasteiger partial charge >= 0.3 is 0 Å². The summed E-state index contributed by atoms with van der Waals surface area (Å²) in [6, 6.07) is 15.3. The summed E-state index contributed by atoms with van der Waals surface area (Å²) < 4.78 is 18.2. The summed E-state index contributed by atoms with van der Waals surface area (Å²) in [6.07, 6.45) is 1.84. The highest BCUT2D eigenvalue weighted by atomic mass is 19.1. The van der Waals surface area contributed by atoms with Crippen molar-refractivity contribution in [3.63, 3.8) is 0 Å². The normalized spacial score (nSPS) is 10.2. The Labute approximate surface area is 101 Å². The molecule has 0 spiro atoms. The third kappa shape index (κ3) is 3.06. The molecule has 0 aliphatic heterocycles. The van der Waals surface area contributed by atoms with Crippen LogP contribution < -0.4 is 4.74 Å². The molecule has 2 aromatic rings. The molecule has 0 N–H and O–H groups in total. The van der Waals surface area contributed by atoms with E-state index in [0.717, 1.165) is 18.4 Å². The summed E-state index contributed by atoms with van der Waals surface area (Å²) in [5.74, 6) is 0.00604. The molecule has 2 aromatic carbocycles. The van der Waals surface area contributed by atoms with Gasteiger partial charge in [0.2, 0.25) is 0 Å². The Balaban J connectivity index is 2.04. The molecule has 88 valence electrons. The Bertz CT molecular complexity index is 480. The first-order chi connectivity index (χ1) is 8.29. The Morgan fingerprint density at radius 2 is 1.65 bits per heavy atom. The smallest absolute Gasteiger partial charge is 0.165 e. The van der Waals surface area contributed by atoms with Crippen LogP contribution in [0.15, 0.2) is 48.5 Å². The average molecular weight is 230 g/mol. The largest absolute Gasteiger partial charge is 0.494 e. The molecule has 0 aromatic heterocycles. The molecule has 0 saturated carbocycles. The first-order valence-electron chi connectivity index (χ1n) is 5.66. The van der Waals surface area contributed by atoms with Crippen molar-refractivity contribution in [3.05, 3.63) is 65.5 Å².